The van der Waals surface area contributed by atoms with Gasteiger partial charge in [-0.1, -0.05) is 76.6 Å². The van der Waals surface area contributed by atoms with E-state index in [2.05, 4.69) is 15.9 Å². The van der Waals surface area contributed by atoms with Gasteiger partial charge < -0.3 is 5.11 Å². The quantitative estimate of drug-likeness (QED) is 0.506. The number of hydrogen-bond acceptors (Lipinski definition) is 3. The third kappa shape index (κ3) is 3.90. The summed E-state index contributed by atoms with van der Waals surface area (Å²) in [5, 5.41) is 10.3. The highest BCUT2D eigenvalue weighted by molar-refractivity contribution is 9.10. The van der Waals surface area contributed by atoms with Crippen LogP contribution < -0.4 is 0 Å². The smallest absolute Gasteiger partial charge is 0.170 e. The number of hydrogen-bond donors (Lipinski definition) is 1. The summed E-state index contributed by atoms with van der Waals surface area (Å²) in [6.07, 6.45) is 0.644. The molecule has 3 aromatic rings. The van der Waals surface area contributed by atoms with Crippen LogP contribution in [0.25, 0.3) is 0 Å². The van der Waals surface area contributed by atoms with E-state index < -0.39 is 5.92 Å². The number of carbonyl (C=O) groups is 2. The zero-order chi connectivity index (χ0) is 20.4. The second-order valence-electron chi connectivity index (χ2n) is 7.50. The molecule has 1 saturated carbocycles. The minimum absolute atomic E-state index is 0.0212. The largest absolute Gasteiger partial charge is 0.507 e. The minimum atomic E-state index is -0.443. The monoisotopic (exact) mass is 448 g/mol. The Kier molecular flexibility index (Phi) is 5.63. The second-order valence-corrected chi connectivity index (χ2v) is 8.35. The van der Waals surface area contributed by atoms with Crippen LogP contribution >= 0.6 is 15.9 Å². The van der Waals surface area contributed by atoms with Crippen molar-refractivity contribution in [2.45, 2.75) is 24.7 Å². The lowest BCUT2D eigenvalue weighted by Crippen LogP contribution is -2.36. The summed E-state index contributed by atoms with van der Waals surface area (Å²) in [7, 11) is 0. The summed E-state index contributed by atoms with van der Waals surface area (Å²) >= 11 is 3.60. The fourth-order valence-electron chi connectivity index (χ4n) is 4.44. The fourth-order valence-corrected chi connectivity index (χ4v) is 5.02. The highest BCUT2D eigenvalue weighted by atomic mass is 79.9. The molecule has 0 bridgehead atoms. The van der Waals surface area contributed by atoms with Gasteiger partial charge in [-0.3, -0.25) is 9.59 Å². The Morgan fingerprint density at radius 2 is 1.45 bits per heavy atom. The summed E-state index contributed by atoms with van der Waals surface area (Å²) in [5.74, 6) is -0.925. The lowest BCUT2D eigenvalue weighted by Gasteiger charge is -2.37. The number of benzene rings is 3. The Labute approximate surface area is 178 Å². The number of halogens is 1. The van der Waals surface area contributed by atoms with Crippen LogP contribution in [-0.2, 0) is 4.79 Å². The van der Waals surface area contributed by atoms with E-state index >= 15 is 0 Å². The third-order valence-electron chi connectivity index (χ3n) is 5.77. The van der Waals surface area contributed by atoms with Crippen LogP contribution in [-0.4, -0.2) is 16.7 Å². The van der Waals surface area contributed by atoms with Gasteiger partial charge in [0.05, 0.1) is 5.56 Å². The number of carbonyl (C=O) groups excluding carboxylic acids is 2. The van der Waals surface area contributed by atoms with E-state index in [4.69, 9.17) is 0 Å². The molecule has 0 radical (unpaired) electrons. The third-order valence-corrected chi connectivity index (χ3v) is 6.49. The van der Waals surface area contributed by atoms with Gasteiger partial charge >= 0.3 is 0 Å². The number of ketones is 2. The maximum atomic E-state index is 13.7. The van der Waals surface area contributed by atoms with Gasteiger partial charge in [-0.05, 0) is 29.3 Å². The normalized spacial score (nSPS) is 21.7. The molecule has 146 valence electrons. The summed E-state index contributed by atoms with van der Waals surface area (Å²) in [4.78, 5) is 26.5. The van der Waals surface area contributed by atoms with Crippen molar-refractivity contribution in [3.63, 3.8) is 0 Å². The van der Waals surface area contributed by atoms with Crippen LogP contribution in [0.3, 0.4) is 0 Å². The SMILES string of the molecule is O=C1CC(c2ccccc2)C(C(=O)c2ccccc2O)C(c2ccccc2Br)C1. The van der Waals surface area contributed by atoms with Gasteiger partial charge in [0.1, 0.15) is 11.5 Å². The van der Waals surface area contributed by atoms with E-state index in [1.165, 1.54) is 6.07 Å². The van der Waals surface area contributed by atoms with Crippen molar-refractivity contribution in [1.82, 2.24) is 0 Å². The molecule has 3 unspecified atom stereocenters. The van der Waals surface area contributed by atoms with Gasteiger partial charge in [0.25, 0.3) is 0 Å². The first-order chi connectivity index (χ1) is 14.1. The maximum absolute atomic E-state index is 13.7. The molecule has 1 fully saturated rings. The van der Waals surface area contributed by atoms with Crippen LogP contribution in [0.1, 0.15) is 46.2 Å². The van der Waals surface area contributed by atoms with Crippen molar-refractivity contribution < 1.29 is 14.7 Å². The molecule has 0 spiro atoms. The van der Waals surface area contributed by atoms with Gasteiger partial charge in [-0.15, -0.1) is 0 Å². The van der Waals surface area contributed by atoms with Gasteiger partial charge in [-0.25, -0.2) is 0 Å². The number of phenolic OH excluding ortho intramolecular Hbond substituents is 1. The highest BCUT2D eigenvalue weighted by Gasteiger charge is 2.44. The molecule has 1 aliphatic carbocycles. The van der Waals surface area contributed by atoms with Crippen molar-refractivity contribution in [2.24, 2.45) is 5.92 Å². The van der Waals surface area contributed by atoms with Gasteiger partial charge in [0.2, 0.25) is 0 Å². The molecule has 1 aliphatic rings. The van der Waals surface area contributed by atoms with E-state index in [9.17, 15) is 14.7 Å². The topological polar surface area (TPSA) is 54.4 Å². The van der Waals surface area contributed by atoms with E-state index in [1.54, 1.807) is 18.2 Å². The molecule has 4 heteroatoms. The molecule has 29 heavy (non-hydrogen) atoms. The molecular formula is C25H21BrO3. The molecule has 0 aromatic heterocycles. The zero-order valence-corrected chi connectivity index (χ0v) is 17.4. The molecule has 1 N–H and O–H groups in total. The fraction of sp³-hybridized carbons (Fsp3) is 0.200. The summed E-state index contributed by atoms with van der Waals surface area (Å²) in [5.41, 5.74) is 2.24. The van der Waals surface area contributed by atoms with Crippen molar-refractivity contribution in [1.29, 1.82) is 0 Å². The standard InChI is InChI=1S/C25H21BrO3/c26-22-12-6-4-10-18(22)21-15-17(27)14-20(16-8-2-1-3-9-16)24(21)25(29)19-11-5-7-13-23(19)28/h1-13,20-21,24,28H,14-15H2. The first-order valence-corrected chi connectivity index (χ1v) is 10.5. The van der Waals surface area contributed by atoms with E-state index in [1.807, 2.05) is 54.6 Å². The van der Waals surface area contributed by atoms with E-state index in [0.29, 0.717) is 18.4 Å². The van der Waals surface area contributed by atoms with Crippen molar-refractivity contribution in [3.8, 4) is 5.75 Å². The molecule has 0 heterocycles. The first-order valence-electron chi connectivity index (χ1n) is 9.69. The minimum Gasteiger partial charge on any atom is -0.507 e. The average molecular weight is 449 g/mol. The number of Topliss-reactive ketones (excluding diaryl/α,β-unsaturated/α-hetero) is 2. The Balaban J connectivity index is 1.86. The Bertz CT molecular complexity index is 1040. The lowest BCUT2D eigenvalue weighted by molar-refractivity contribution is -0.121. The number of para-hydroxylation sites is 1. The van der Waals surface area contributed by atoms with Crippen molar-refractivity contribution in [3.05, 3.63) is 100 Å². The molecule has 0 aliphatic heterocycles. The van der Waals surface area contributed by atoms with E-state index in [0.717, 1.165) is 15.6 Å². The zero-order valence-electron chi connectivity index (χ0n) is 15.8. The van der Waals surface area contributed by atoms with Crippen molar-refractivity contribution in [2.75, 3.05) is 0 Å². The molecule has 3 atom stereocenters. The van der Waals surface area contributed by atoms with Crippen molar-refractivity contribution >= 4 is 27.5 Å². The van der Waals surface area contributed by atoms with Crippen LogP contribution in [0.4, 0.5) is 0 Å². The Morgan fingerprint density at radius 1 is 0.828 bits per heavy atom. The van der Waals surface area contributed by atoms with Gasteiger partial charge in [0.15, 0.2) is 5.78 Å². The predicted octanol–water partition coefficient (Wildman–Crippen LogP) is 5.88. The number of phenols is 1. The van der Waals surface area contributed by atoms with E-state index in [-0.39, 0.29) is 29.2 Å². The highest BCUT2D eigenvalue weighted by Crippen LogP contribution is 2.48. The van der Waals surface area contributed by atoms with Gasteiger partial charge in [0, 0.05) is 35.1 Å². The number of rotatable bonds is 4. The Morgan fingerprint density at radius 3 is 2.17 bits per heavy atom. The number of aromatic hydroxyl groups is 1. The van der Waals surface area contributed by atoms with Crippen LogP contribution in [0.5, 0.6) is 5.75 Å². The van der Waals surface area contributed by atoms with Crippen LogP contribution in [0.2, 0.25) is 0 Å². The summed E-state index contributed by atoms with van der Waals surface area (Å²) in [6.45, 7) is 0. The molecule has 4 rings (SSSR count). The molecule has 0 amide bonds. The molecule has 0 saturated heterocycles. The predicted molar refractivity (Wildman–Crippen MR) is 116 cm³/mol. The average Bonchev–Trinajstić information content (AvgIpc) is 2.74. The maximum Gasteiger partial charge on any atom is 0.170 e. The molecule has 3 nitrogen and oxygen atoms in total. The van der Waals surface area contributed by atoms with Gasteiger partial charge in [-0.2, -0.15) is 0 Å². The Hall–Kier alpha value is -2.72. The summed E-state index contributed by atoms with van der Waals surface area (Å²) in [6, 6.07) is 24.2. The van der Waals surface area contributed by atoms with Crippen LogP contribution in [0.15, 0.2) is 83.3 Å². The summed E-state index contributed by atoms with van der Waals surface area (Å²) < 4.78 is 0.890. The lowest BCUT2D eigenvalue weighted by atomic mass is 9.64. The first kappa shape index (κ1) is 19.6. The molecular weight excluding hydrogens is 428 g/mol. The second kappa shape index (κ2) is 8.34. The van der Waals surface area contributed by atoms with Crippen LogP contribution in [0, 0.1) is 5.92 Å². The molecule has 3 aromatic carbocycles.